The summed E-state index contributed by atoms with van der Waals surface area (Å²) in [6, 6.07) is 18.3. The molecule has 0 aromatic heterocycles. The van der Waals surface area contributed by atoms with Crippen molar-refractivity contribution in [1.29, 1.82) is 0 Å². The number of hydrogen-bond acceptors (Lipinski definition) is 2. The monoisotopic (exact) mass is 264 g/mol. The number of methoxy groups -OCH3 is 1. The fourth-order valence-corrected chi connectivity index (χ4v) is 2.76. The van der Waals surface area contributed by atoms with E-state index in [-0.39, 0.29) is 11.9 Å². The highest BCUT2D eigenvalue weighted by molar-refractivity contribution is 5.96. The third kappa shape index (κ3) is 2.25. The highest BCUT2D eigenvalue weighted by Crippen LogP contribution is 2.36. The topological polar surface area (TPSA) is 26.3 Å². The van der Waals surface area contributed by atoms with E-state index in [4.69, 9.17) is 4.74 Å². The number of hydrogen-bond donors (Lipinski definition) is 0. The van der Waals surface area contributed by atoms with Crippen LogP contribution in [0.2, 0.25) is 0 Å². The first-order chi connectivity index (χ1) is 9.79. The summed E-state index contributed by atoms with van der Waals surface area (Å²) in [4.78, 5) is 12.1. The molecule has 0 radical (unpaired) electrons. The van der Waals surface area contributed by atoms with Crippen molar-refractivity contribution in [1.82, 2.24) is 0 Å². The summed E-state index contributed by atoms with van der Waals surface area (Å²) in [6.07, 6.45) is 2.80. The molecule has 20 heavy (non-hydrogen) atoms. The largest absolute Gasteiger partial charge is 0.466 e. The molecule has 0 fully saturated rings. The molecule has 1 aliphatic carbocycles. The highest BCUT2D eigenvalue weighted by Gasteiger charge is 2.27. The quantitative estimate of drug-likeness (QED) is 0.775. The minimum atomic E-state index is -0.242. The summed E-state index contributed by atoms with van der Waals surface area (Å²) in [5.41, 5.74) is 4.27. The Morgan fingerprint density at radius 2 is 1.75 bits per heavy atom. The number of rotatable bonds is 2. The molecule has 0 spiro atoms. The zero-order chi connectivity index (χ0) is 13.9. The van der Waals surface area contributed by atoms with E-state index in [0.29, 0.717) is 0 Å². The van der Waals surface area contributed by atoms with Gasteiger partial charge in [0.05, 0.1) is 7.11 Å². The van der Waals surface area contributed by atoms with Crippen LogP contribution < -0.4 is 0 Å². The predicted molar refractivity (Wildman–Crippen MR) is 79.3 cm³/mol. The number of carbonyl (C=O) groups excluding carboxylic acids is 1. The van der Waals surface area contributed by atoms with E-state index < -0.39 is 0 Å². The van der Waals surface area contributed by atoms with Crippen molar-refractivity contribution in [2.45, 2.75) is 12.3 Å². The summed E-state index contributed by atoms with van der Waals surface area (Å²) in [5.74, 6) is -0.174. The van der Waals surface area contributed by atoms with Gasteiger partial charge in [-0.25, -0.2) is 4.79 Å². The summed E-state index contributed by atoms with van der Waals surface area (Å²) in [5, 5.41) is 0. The maximum atomic E-state index is 12.1. The molecule has 100 valence electrons. The van der Waals surface area contributed by atoms with Crippen molar-refractivity contribution in [3.63, 3.8) is 0 Å². The number of esters is 1. The third-order valence-corrected chi connectivity index (χ3v) is 3.79. The Morgan fingerprint density at radius 1 is 1.05 bits per heavy atom. The van der Waals surface area contributed by atoms with Crippen LogP contribution in [-0.2, 0) is 16.0 Å². The molecule has 0 saturated carbocycles. The van der Waals surface area contributed by atoms with E-state index in [9.17, 15) is 4.79 Å². The second-order valence-corrected chi connectivity index (χ2v) is 4.96. The summed E-state index contributed by atoms with van der Waals surface area (Å²) < 4.78 is 4.95. The molecule has 1 aliphatic rings. The maximum absolute atomic E-state index is 12.1. The fourth-order valence-electron chi connectivity index (χ4n) is 2.76. The Balaban J connectivity index is 2.09. The van der Waals surface area contributed by atoms with Crippen molar-refractivity contribution >= 4 is 12.0 Å². The Bertz CT molecular complexity index is 656. The standard InChI is InChI=1S/C18H16O2/c1-20-18(19)17-12-15-10-6-5-9-14(15)11-16(17)13-7-3-2-4-8-13/h2-10,12,16H,11H2,1H3. The molecule has 2 nitrogen and oxygen atoms in total. The summed E-state index contributed by atoms with van der Waals surface area (Å²) in [7, 11) is 1.44. The van der Waals surface area contributed by atoms with Crippen LogP contribution >= 0.6 is 0 Å². The molecule has 1 unspecified atom stereocenters. The lowest BCUT2D eigenvalue weighted by Crippen LogP contribution is -2.19. The van der Waals surface area contributed by atoms with E-state index >= 15 is 0 Å². The van der Waals surface area contributed by atoms with Gasteiger partial charge in [-0.05, 0) is 29.2 Å². The SMILES string of the molecule is COC(=O)C1=Cc2ccccc2CC1c1ccccc1. The third-order valence-electron chi connectivity index (χ3n) is 3.79. The van der Waals surface area contributed by atoms with Gasteiger partial charge in [-0.1, -0.05) is 54.6 Å². The van der Waals surface area contributed by atoms with E-state index in [1.54, 1.807) is 0 Å². The van der Waals surface area contributed by atoms with Crippen LogP contribution in [-0.4, -0.2) is 13.1 Å². The average Bonchev–Trinajstić information content (AvgIpc) is 2.53. The van der Waals surface area contributed by atoms with Gasteiger partial charge in [-0.3, -0.25) is 0 Å². The van der Waals surface area contributed by atoms with Gasteiger partial charge in [0.15, 0.2) is 0 Å². The molecule has 2 heteroatoms. The van der Waals surface area contributed by atoms with E-state index in [2.05, 4.69) is 18.2 Å². The predicted octanol–water partition coefficient (Wildman–Crippen LogP) is 3.58. The Kier molecular flexibility index (Phi) is 3.38. The summed E-state index contributed by atoms with van der Waals surface area (Å²) in [6.45, 7) is 0. The minimum absolute atomic E-state index is 0.0681. The molecule has 0 heterocycles. The molecule has 1 atom stereocenters. The van der Waals surface area contributed by atoms with Crippen molar-refractivity contribution in [2.24, 2.45) is 0 Å². The molecule has 0 bridgehead atoms. The smallest absolute Gasteiger partial charge is 0.334 e. The Morgan fingerprint density at radius 3 is 2.50 bits per heavy atom. The van der Waals surface area contributed by atoms with Crippen LogP contribution in [0.4, 0.5) is 0 Å². The van der Waals surface area contributed by atoms with E-state index in [1.165, 1.54) is 12.7 Å². The molecule has 2 aromatic carbocycles. The molecule has 0 N–H and O–H groups in total. The van der Waals surface area contributed by atoms with E-state index in [1.807, 2.05) is 42.5 Å². The second kappa shape index (κ2) is 5.33. The number of ether oxygens (including phenoxy) is 1. The zero-order valence-electron chi connectivity index (χ0n) is 11.4. The van der Waals surface area contributed by atoms with Crippen molar-refractivity contribution in [2.75, 3.05) is 7.11 Å². The van der Waals surface area contributed by atoms with Gasteiger partial charge in [0.2, 0.25) is 0 Å². The average molecular weight is 264 g/mol. The van der Waals surface area contributed by atoms with E-state index in [0.717, 1.165) is 23.1 Å². The highest BCUT2D eigenvalue weighted by atomic mass is 16.5. The first-order valence-corrected chi connectivity index (χ1v) is 6.72. The molecule has 0 saturated heterocycles. The first-order valence-electron chi connectivity index (χ1n) is 6.72. The van der Waals surface area contributed by atoms with Crippen LogP contribution in [0.1, 0.15) is 22.6 Å². The molecule has 2 aromatic rings. The lowest BCUT2D eigenvalue weighted by atomic mass is 9.79. The van der Waals surface area contributed by atoms with Gasteiger partial charge in [-0.2, -0.15) is 0 Å². The van der Waals surface area contributed by atoms with Crippen molar-refractivity contribution in [3.8, 4) is 0 Å². The van der Waals surface area contributed by atoms with Crippen LogP contribution in [0.3, 0.4) is 0 Å². The number of fused-ring (bicyclic) bond motifs is 1. The lowest BCUT2D eigenvalue weighted by Gasteiger charge is -2.25. The zero-order valence-corrected chi connectivity index (χ0v) is 11.4. The molecular formula is C18H16O2. The minimum Gasteiger partial charge on any atom is -0.466 e. The molecular weight excluding hydrogens is 248 g/mol. The second-order valence-electron chi connectivity index (χ2n) is 4.96. The van der Waals surface area contributed by atoms with Crippen LogP contribution in [0.15, 0.2) is 60.2 Å². The van der Waals surface area contributed by atoms with Crippen LogP contribution in [0, 0.1) is 0 Å². The van der Waals surface area contributed by atoms with Gasteiger partial charge in [0.1, 0.15) is 0 Å². The Labute approximate surface area is 118 Å². The van der Waals surface area contributed by atoms with Gasteiger partial charge in [-0.15, -0.1) is 0 Å². The van der Waals surface area contributed by atoms with Gasteiger partial charge < -0.3 is 4.74 Å². The Hall–Kier alpha value is -2.35. The van der Waals surface area contributed by atoms with Gasteiger partial charge in [0, 0.05) is 11.5 Å². The number of carbonyl (C=O) groups is 1. The van der Waals surface area contributed by atoms with Crippen LogP contribution in [0.25, 0.3) is 6.08 Å². The normalized spacial score (nSPS) is 17.1. The summed E-state index contributed by atoms with van der Waals surface area (Å²) >= 11 is 0. The lowest BCUT2D eigenvalue weighted by molar-refractivity contribution is -0.136. The maximum Gasteiger partial charge on any atom is 0.334 e. The number of benzene rings is 2. The van der Waals surface area contributed by atoms with Gasteiger partial charge in [0.25, 0.3) is 0 Å². The molecule has 3 rings (SSSR count). The van der Waals surface area contributed by atoms with Crippen LogP contribution in [0.5, 0.6) is 0 Å². The van der Waals surface area contributed by atoms with Crippen molar-refractivity contribution < 1.29 is 9.53 Å². The van der Waals surface area contributed by atoms with Crippen molar-refractivity contribution in [3.05, 3.63) is 76.9 Å². The van der Waals surface area contributed by atoms with Gasteiger partial charge >= 0.3 is 5.97 Å². The fraction of sp³-hybridized carbons (Fsp3) is 0.167. The molecule has 0 aliphatic heterocycles. The molecule has 0 amide bonds. The first kappa shape index (κ1) is 12.7.